The van der Waals surface area contributed by atoms with Gasteiger partial charge >= 0.3 is 12.2 Å². The number of amides is 1. The van der Waals surface area contributed by atoms with Crippen LogP contribution in [0, 0.1) is 12.8 Å². The number of Topliss-reactive ketones (excluding diaryl/α,β-unsaturated/α-hetero) is 1. The van der Waals surface area contributed by atoms with Gasteiger partial charge in [0.05, 0.1) is 12.5 Å². The molecule has 0 saturated carbocycles. The average molecular weight is 512 g/mol. The number of aryl methyl sites for hydroxylation is 1. The van der Waals surface area contributed by atoms with Crippen LogP contribution in [0.1, 0.15) is 49.1 Å². The average Bonchev–Trinajstić information content (AvgIpc) is 3.33. The van der Waals surface area contributed by atoms with Crippen LogP contribution in [0.5, 0.6) is 0 Å². The first-order valence-corrected chi connectivity index (χ1v) is 12.5. The summed E-state index contributed by atoms with van der Waals surface area (Å²) in [7, 11) is 2.02. The molecule has 1 aromatic carbocycles. The van der Waals surface area contributed by atoms with Crippen LogP contribution in [-0.4, -0.2) is 45.9 Å². The Labute approximate surface area is 216 Å². The largest absolute Gasteiger partial charge is 0.511 e. The van der Waals surface area contributed by atoms with E-state index >= 15 is 0 Å². The Bertz CT molecular complexity index is 1320. The number of benzene rings is 1. The highest BCUT2D eigenvalue weighted by Gasteiger charge is 2.34. The zero-order chi connectivity index (χ0) is 26.7. The minimum Gasteiger partial charge on any atom is -0.444 e. The van der Waals surface area contributed by atoms with Crippen molar-refractivity contribution in [3.8, 4) is 0 Å². The van der Waals surface area contributed by atoms with Crippen molar-refractivity contribution in [1.82, 2.24) is 14.5 Å². The molecule has 2 heterocycles. The van der Waals surface area contributed by atoms with Gasteiger partial charge in [0.1, 0.15) is 31.1 Å². The number of rotatable bonds is 7. The smallest absolute Gasteiger partial charge is 0.444 e. The van der Waals surface area contributed by atoms with E-state index in [1.165, 1.54) is 0 Å². The quantitative estimate of drug-likeness (QED) is 0.295. The third-order valence-corrected chi connectivity index (χ3v) is 6.56. The van der Waals surface area contributed by atoms with Gasteiger partial charge in [-0.25, -0.2) is 14.2 Å². The summed E-state index contributed by atoms with van der Waals surface area (Å²) in [5.74, 6) is 0.912. The Morgan fingerprint density at radius 1 is 1.19 bits per heavy atom. The molecule has 0 aliphatic heterocycles. The number of aromatic nitrogens is 3. The highest BCUT2D eigenvalue weighted by atomic mass is 16.7. The van der Waals surface area contributed by atoms with E-state index in [2.05, 4.69) is 16.0 Å². The molecule has 1 atom stereocenters. The summed E-state index contributed by atoms with van der Waals surface area (Å²) in [6.07, 6.45) is 3.92. The molecule has 0 spiro atoms. The standard InChI is InChI=1S/C27H34N4O6/c1-18-30(13-14-31(18)17-36-26(34)35-15-12-28-25(33)37-27(2,3)4)16-19-10-11-22-23(24(19)32)20-8-6-7-9-21(20)29(22)5/h6-9,13-14,19H,10-12,15-17H2,1-5H3/p+1. The van der Waals surface area contributed by atoms with Crippen molar-refractivity contribution in [3.05, 3.63) is 53.7 Å². The maximum atomic E-state index is 13.5. The molecule has 10 nitrogen and oxygen atoms in total. The molecular weight excluding hydrogens is 476 g/mol. The molecule has 1 aliphatic rings. The van der Waals surface area contributed by atoms with E-state index in [1.54, 1.807) is 25.3 Å². The van der Waals surface area contributed by atoms with Gasteiger partial charge in [0, 0.05) is 36.1 Å². The van der Waals surface area contributed by atoms with Crippen LogP contribution < -0.4 is 9.88 Å². The van der Waals surface area contributed by atoms with Crippen LogP contribution >= 0.6 is 0 Å². The molecule has 10 heteroatoms. The Morgan fingerprint density at radius 3 is 2.70 bits per heavy atom. The zero-order valence-electron chi connectivity index (χ0n) is 22.1. The van der Waals surface area contributed by atoms with E-state index in [1.807, 2.05) is 49.1 Å². The monoisotopic (exact) mass is 511 g/mol. The van der Waals surface area contributed by atoms with Crippen LogP contribution in [0.4, 0.5) is 9.59 Å². The van der Waals surface area contributed by atoms with Crippen LogP contribution in [-0.2, 0) is 41.0 Å². The molecule has 1 amide bonds. The van der Waals surface area contributed by atoms with Crippen molar-refractivity contribution < 1.29 is 33.2 Å². The lowest BCUT2D eigenvalue weighted by Gasteiger charge is -2.21. The highest BCUT2D eigenvalue weighted by molar-refractivity contribution is 6.11. The number of hydrogen-bond donors (Lipinski definition) is 1. The molecule has 4 rings (SSSR count). The fourth-order valence-electron chi connectivity index (χ4n) is 4.71. The van der Waals surface area contributed by atoms with Gasteiger partial charge in [-0.05, 0) is 39.7 Å². The molecule has 2 aromatic heterocycles. The van der Waals surface area contributed by atoms with Crippen molar-refractivity contribution in [2.75, 3.05) is 13.2 Å². The van der Waals surface area contributed by atoms with Gasteiger partial charge in [0.2, 0.25) is 6.73 Å². The maximum Gasteiger partial charge on any atom is 0.511 e. The van der Waals surface area contributed by atoms with E-state index in [-0.39, 0.29) is 31.6 Å². The second kappa shape index (κ2) is 10.7. The van der Waals surface area contributed by atoms with Crippen LogP contribution in [0.25, 0.3) is 10.9 Å². The van der Waals surface area contributed by atoms with Crippen LogP contribution in [0.3, 0.4) is 0 Å². The lowest BCUT2D eigenvalue weighted by Crippen LogP contribution is -2.39. The molecule has 1 unspecified atom stereocenters. The normalized spacial score (nSPS) is 15.4. The number of alkyl carbamates (subject to hydrolysis) is 1. The fraction of sp³-hybridized carbons (Fsp3) is 0.481. The molecule has 1 N–H and O–H groups in total. The number of ether oxygens (including phenoxy) is 3. The first-order chi connectivity index (χ1) is 17.5. The Kier molecular flexibility index (Phi) is 7.56. The van der Waals surface area contributed by atoms with E-state index in [0.717, 1.165) is 40.8 Å². The SMILES string of the molecule is Cc1n(CC2CCc3c(c4ccccc4n3C)C2=O)cc[n+]1COC(=O)OCCNC(=O)OC(C)(C)C. The van der Waals surface area contributed by atoms with Crippen LogP contribution in [0.15, 0.2) is 36.7 Å². The second-order valence-electron chi connectivity index (χ2n) is 10.3. The van der Waals surface area contributed by atoms with E-state index < -0.39 is 17.8 Å². The molecule has 0 saturated heterocycles. The number of carbonyl (C=O) groups is 3. The first-order valence-electron chi connectivity index (χ1n) is 12.5. The van der Waals surface area contributed by atoms with Gasteiger partial charge in [0.25, 0.3) is 5.82 Å². The molecule has 0 radical (unpaired) electrons. The Hall–Kier alpha value is -3.82. The Balaban J connectivity index is 1.28. The van der Waals surface area contributed by atoms with Crippen LogP contribution in [0.2, 0.25) is 0 Å². The summed E-state index contributed by atoms with van der Waals surface area (Å²) in [5.41, 5.74) is 2.44. The number of para-hydroxylation sites is 1. The molecule has 1 aliphatic carbocycles. The van der Waals surface area contributed by atoms with Crippen molar-refractivity contribution >= 4 is 28.9 Å². The summed E-state index contributed by atoms with van der Waals surface area (Å²) >= 11 is 0. The van der Waals surface area contributed by atoms with Gasteiger partial charge in [-0.1, -0.05) is 18.2 Å². The number of fused-ring (bicyclic) bond motifs is 3. The highest BCUT2D eigenvalue weighted by Crippen LogP contribution is 2.34. The predicted octanol–water partition coefficient (Wildman–Crippen LogP) is 3.66. The number of nitrogens with one attached hydrogen (secondary N) is 1. The molecular formula is C27H35N4O6+. The predicted molar refractivity (Wildman–Crippen MR) is 135 cm³/mol. The summed E-state index contributed by atoms with van der Waals surface area (Å²) in [6.45, 7) is 7.81. The van der Waals surface area contributed by atoms with Gasteiger partial charge in [-0.15, -0.1) is 0 Å². The van der Waals surface area contributed by atoms with Gasteiger partial charge in [-0.3, -0.25) is 4.79 Å². The van der Waals surface area contributed by atoms with Gasteiger partial charge in [0.15, 0.2) is 5.78 Å². The summed E-state index contributed by atoms with van der Waals surface area (Å²) in [6, 6.07) is 8.04. The van der Waals surface area contributed by atoms with Crippen molar-refractivity contribution in [1.29, 1.82) is 0 Å². The lowest BCUT2D eigenvalue weighted by molar-refractivity contribution is -0.732. The topological polar surface area (TPSA) is 105 Å². The minimum atomic E-state index is -0.836. The van der Waals surface area contributed by atoms with E-state index in [4.69, 9.17) is 14.2 Å². The Morgan fingerprint density at radius 2 is 1.95 bits per heavy atom. The molecule has 3 aromatic rings. The molecule has 0 fully saturated rings. The van der Waals surface area contributed by atoms with Gasteiger partial charge in [-0.2, -0.15) is 4.57 Å². The summed E-state index contributed by atoms with van der Waals surface area (Å²) in [5, 5.41) is 3.53. The number of carbonyl (C=O) groups excluding carboxylic acids is 3. The summed E-state index contributed by atoms with van der Waals surface area (Å²) < 4.78 is 21.2. The summed E-state index contributed by atoms with van der Waals surface area (Å²) in [4.78, 5) is 37.0. The number of ketones is 1. The molecule has 37 heavy (non-hydrogen) atoms. The van der Waals surface area contributed by atoms with Crippen molar-refractivity contribution in [2.24, 2.45) is 13.0 Å². The van der Waals surface area contributed by atoms with Crippen molar-refractivity contribution in [3.63, 3.8) is 0 Å². The third-order valence-electron chi connectivity index (χ3n) is 6.56. The van der Waals surface area contributed by atoms with E-state index in [0.29, 0.717) is 6.54 Å². The molecule has 0 bridgehead atoms. The number of imidazole rings is 1. The zero-order valence-corrected chi connectivity index (χ0v) is 22.1. The fourth-order valence-corrected chi connectivity index (χ4v) is 4.71. The third kappa shape index (κ3) is 5.95. The first kappa shape index (κ1) is 26.2. The lowest BCUT2D eigenvalue weighted by atomic mass is 9.85. The minimum absolute atomic E-state index is 0.0246. The van der Waals surface area contributed by atoms with Crippen molar-refractivity contribution in [2.45, 2.75) is 59.4 Å². The van der Waals surface area contributed by atoms with E-state index in [9.17, 15) is 14.4 Å². The maximum absolute atomic E-state index is 13.5. The number of nitrogens with zero attached hydrogens (tertiary/aromatic N) is 3. The molecule has 198 valence electrons. The van der Waals surface area contributed by atoms with Gasteiger partial charge < -0.3 is 24.1 Å². The second-order valence-corrected chi connectivity index (χ2v) is 10.3. The number of hydrogen-bond acceptors (Lipinski definition) is 6.